The minimum Gasteiger partial charge on any atom is -0.492 e. The number of nitrogens with one attached hydrogen (secondary N) is 2. The van der Waals surface area contributed by atoms with Crippen LogP contribution in [0.25, 0.3) is 0 Å². The predicted octanol–water partition coefficient (Wildman–Crippen LogP) is 3.44. The summed E-state index contributed by atoms with van der Waals surface area (Å²) >= 11 is 0. The Morgan fingerprint density at radius 1 is 1.23 bits per heavy atom. The maximum absolute atomic E-state index is 12.6. The fourth-order valence-electron chi connectivity index (χ4n) is 4.16. The summed E-state index contributed by atoms with van der Waals surface area (Å²) in [5.41, 5.74) is 2.88. The van der Waals surface area contributed by atoms with Crippen LogP contribution >= 0.6 is 0 Å². The molecule has 2 heterocycles. The van der Waals surface area contributed by atoms with Crippen LogP contribution in [0.5, 0.6) is 5.75 Å². The van der Waals surface area contributed by atoms with Crippen LogP contribution < -0.4 is 15.4 Å². The van der Waals surface area contributed by atoms with Crippen molar-refractivity contribution in [2.45, 2.75) is 46.5 Å². The van der Waals surface area contributed by atoms with Gasteiger partial charge in [0.25, 0.3) is 5.91 Å². The predicted molar refractivity (Wildman–Crippen MR) is 111 cm³/mol. The monoisotopic (exact) mass is 410 g/mol. The lowest BCUT2D eigenvalue weighted by Gasteiger charge is -2.27. The van der Waals surface area contributed by atoms with E-state index in [-0.39, 0.29) is 28.8 Å². The Bertz CT molecular complexity index is 1030. The van der Waals surface area contributed by atoms with Gasteiger partial charge in [-0.25, -0.2) is 0 Å². The number of benzene rings is 1. The standard InChI is InChI=1S/C23H26N2O5/c1-13-20-17(26)11-23(2,3)12-18(20)30-21(13)22(28)24-8-9-29-15-5-6-16-14(10-15)4-7-19(27)25-16/h5-6,10H,4,7-9,11-12H2,1-3H3,(H,24,28)(H,25,27). The Morgan fingerprint density at radius 2 is 2.03 bits per heavy atom. The van der Waals surface area contributed by atoms with E-state index in [0.717, 1.165) is 11.3 Å². The molecule has 4 rings (SSSR count). The second-order valence-corrected chi connectivity index (χ2v) is 8.77. The van der Waals surface area contributed by atoms with Crippen molar-refractivity contribution in [3.05, 3.63) is 46.4 Å². The van der Waals surface area contributed by atoms with E-state index < -0.39 is 0 Å². The van der Waals surface area contributed by atoms with Crippen molar-refractivity contribution in [2.75, 3.05) is 18.5 Å². The highest BCUT2D eigenvalue weighted by molar-refractivity contribution is 6.03. The fraction of sp³-hybridized carbons (Fsp3) is 0.435. The topological polar surface area (TPSA) is 97.6 Å². The lowest BCUT2D eigenvalue weighted by Crippen LogP contribution is -2.28. The van der Waals surface area contributed by atoms with Gasteiger partial charge >= 0.3 is 0 Å². The summed E-state index contributed by atoms with van der Waals surface area (Å²) in [6.07, 6.45) is 2.26. The van der Waals surface area contributed by atoms with E-state index in [4.69, 9.17) is 9.15 Å². The molecular weight excluding hydrogens is 384 g/mol. The maximum Gasteiger partial charge on any atom is 0.287 e. The van der Waals surface area contributed by atoms with Gasteiger partial charge in [-0.1, -0.05) is 13.8 Å². The number of hydrogen-bond acceptors (Lipinski definition) is 5. The molecule has 2 N–H and O–H groups in total. The Kier molecular flexibility index (Phi) is 5.13. The lowest BCUT2D eigenvalue weighted by molar-refractivity contribution is -0.116. The molecule has 1 aliphatic carbocycles. The Morgan fingerprint density at radius 3 is 2.83 bits per heavy atom. The molecule has 1 aromatic carbocycles. The smallest absolute Gasteiger partial charge is 0.287 e. The molecule has 7 heteroatoms. The van der Waals surface area contributed by atoms with Crippen molar-refractivity contribution < 1.29 is 23.5 Å². The number of furan rings is 1. The molecule has 0 saturated heterocycles. The molecule has 0 radical (unpaired) electrons. The average Bonchev–Trinajstić information content (AvgIpc) is 3.00. The second-order valence-electron chi connectivity index (χ2n) is 8.77. The van der Waals surface area contributed by atoms with E-state index in [9.17, 15) is 14.4 Å². The number of fused-ring (bicyclic) bond motifs is 2. The van der Waals surface area contributed by atoms with Gasteiger partial charge < -0.3 is 19.8 Å². The lowest BCUT2D eigenvalue weighted by atomic mass is 9.76. The molecule has 1 aliphatic heterocycles. The molecule has 0 atom stereocenters. The summed E-state index contributed by atoms with van der Waals surface area (Å²) in [5, 5.41) is 5.63. The van der Waals surface area contributed by atoms with E-state index >= 15 is 0 Å². The quantitative estimate of drug-likeness (QED) is 0.736. The van der Waals surface area contributed by atoms with Gasteiger partial charge in [0.1, 0.15) is 18.1 Å². The van der Waals surface area contributed by atoms with Crippen LogP contribution in [0.4, 0.5) is 5.69 Å². The van der Waals surface area contributed by atoms with Crippen LogP contribution in [-0.4, -0.2) is 30.7 Å². The summed E-state index contributed by atoms with van der Waals surface area (Å²) in [5.74, 6) is 1.22. The molecular formula is C23H26N2O5. The van der Waals surface area contributed by atoms with E-state index in [1.165, 1.54) is 0 Å². The molecule has 2 aromatic rings. The Balaban J connectivity index is 1.34. The third kappa shape index (κ3) is 3.97. The molecule has 0 spiro atoms. The number of Topliss-reactive ketones (excluding diaryl/α,β-unsaturated/α-hetero) is 1. The van der Waals surface area contributed by atoms with E-state index in [1.807, 2.05) is 26.0 Å². The molecule has 7 nitrogen and oxygen atoms in total. The number of rotatable bonds is 5. The molecule has 0 saturated carbocycles. The Hall–Kier alpha value is -3.09. The first kappa shape index (κ1) is 20.2. The molecule has 0 bridgehead atoms. The number of ketones is 1. The summed E-state index contributed by atoms with van der Waals surface area (Å²) < 4.78 is 11.5. The van der Waals surface area contributed by atoms with Gasteiger partial charge in [-0.2, -0.15) is 0 Å². The number of anilines is 1. The number of amides is 2. The SMILES string of the molecule is Cc1c(C(=O)NCCOc2ccc3c(c2)CCC(=O)N3)oc2c1C(=O)CC(C)(C)C2. The van der Waals surface area contributed by atoms with Crippen LogP contribution in [0.2, 0.25) is 0 Å². The summed E-state index contributed by atoms with van der Waals surface area (Å²) in [6.45, 7) is 6.41. The van der Waals surface area contributed by atoms with Gasteiger partial charge in [-0.05, 0) is 42.5 Å². The minimum absolute atomic E-state index is 0.0269. The number of hydrogen-bond donors (Lipinski definition) is 2. The van der Waals surface area contributed by atoms with E-state index in [1.54, 1.807) is 13.0 Å². The van der Waals surface area contributed by atoms with Crippen LogP contribution in [0.1, 0.15) is 64.5 Å². The summed E-state index contributed by atoms with van der Waals surface area (Å²) in [6, 6.07) is 5.54. The third-order valence-electron chi connectivity index (χ3n) is 5.61. The molecule has 158 valence electrons. The molecule has 0 unspecified atom stereocenters. The number of aryl methyl sites for hydroxylation is 1. The number of ether oxygens (including phenoxy) is 1. The molecule has 0 fully saturated rings. The number of carbonyl (C=O) groups is 3. The zero-order valence-electron chi connectivity index (χ0n) is 17.5. The average molecular weight is 410 g/mol. The zero-order chi connectivity index (χ0) is 21.5. The maximum atomic E-state index is 12.6. The first-order chi connectivity index (χ1) is 14.2. The van der Waals surface area contributed by atoms with Crippen molar-refractivity contribution in [3.8, 4) is 5.75 Å². The second kappa shape index (κ2) is 7.63. The highest BCUT2D eigenvalue weighted by atomic mass is 16.5. The van der Waals surface area contributed by atoms with Gasteiger partial charge in [0.05, 0.1) is 12.1 Å². The van der Waals surface area contributed by atoms with Gasteiger partial charge in [0, 0.05) is 30.5 Å². The van der Waals surface area contributed by atoms with Gasteiger partial charge in [-0.15, -0.1) is 0 Å². The van der Waals surface area contributed by atoms with E-state index in [0.29, 0.717) is 61.5 Å². The van der Waals surface area contributed by atoms with Gasteiger partial charge in [0.15, 0.2) is 11.5 Å². The summed E-state index contributed by atoms with van der Waals surface area (Å²) in [4.78, 5) is 36.5. The van der Waals surface area contributed by atoms with Crippen LogP contribution in [0, 0.1) is 12.3 Å². The van der Waals surface area contributed by atoms with Crippen molar-refractivity contribution in [1.82, 2.24) is 5.32 Å². The molecule has 2 aliphatic rings. The normalized spacial score (nSPS) is 17.0. The van der Waals surface area contributed by atoms with Crippen molar-refractivity contribution >= 4 is 23.3 Å². The minimum atomic E-state index is -0.343. The highest BCUT2D eigenvalue weighted by Gasteiger charge is 2.37. The first-order valence-electron chi connectivity index (χ1n) is 10.2. The Labute approximate surface area is 175 Å². The molecule has 1 aromatic heterocycles. The zero-order valence-corrected chi connectivity index (χ0v) is 17.5. The fourth-order valence-corrected chi connectivity index (χ4v) is 4.16. The van der Waals surface area contributed by atoms with Crippen LogP contribution in [0.15, 0.2) is 22.6 Å². The number of carbonyl (C=O) groups excluding carboxylic acids is 3. The van der Waals surface area contributed by atoms with Crippen LogP contribution in [0.3, 0.4) is 0 Å². The summed E-state index contributed by atoms with van der Waals surface area (Å²) in [7, 11) is 0. The molecule has 2 amide bonds. The molecule has 30 heavy (non-hydrogen) atoms. The van der Waals surface area contributed by atoms with Crippen molar-refractivity contribution in [3.63, 3.8) is 0 Å². The highest BCUT2D eigenvalue weighted by Crippen LogP contribution is 2.38. The van der Waals surface area contributed by atoms with Crippen molar-refractivity contribution in [2.24, 2.45) is 5.41 Å². The first-order valence-corrected chi connectivity index (χ1v) is 10.2. The third-order valence-corrected chi connectivity index (χ3v) is 5.61. The van der Waals surface area contributed by atoms with Gasteiger partial charge in [0.2, 0.25) is 5.91 Å². The van der Waals surface area contributed by atoms with Crippen LogP contribution in [-0.2, 0) is 17.6 Å². The largest absolute Gasteiger partial charge is 0.492 e. The van der Waals surface area contributed by atoms with Gasteiger partial charge in [-0.3, -0.25) is 14.4 Å². The van der Waals surface area contributed by atoms with E-state index in [2.05, 4.69) is 10.6 Å². The van der Waals surface area contributed by atoms with Crippen molar-refractivity contribution in [1.29, 1.82) is 0 Å².